The first-order valence-electron chi connectivity index (χ1n) is 5.43. The summed E-state index contributed by atoms with van der Waals surface area (Å²) in [6.45, 7) is 1.82. The van der Waals surface area contributed by atoms with Crippen molar-refractivity contribution in [2.45, 2.75) is 6.92 Å². The molecule has 0 aliphatic heterocycles. The van der Waals surface area contributed by atoms with E-state index in [0.29, 0.717) is 11.3 Å². The van der Waals surface area contributed by atoms with E-state index < -0.39 is 17.5 Å². The SMILES string of the molecule is Cc1ccc(C#N)c(Nc2cc(F)c(F)c(F)c2)c1. The third-order valence-electron chi connectivity index (χ3n) is 2.56. The second-order valence-corrected chi connectivity index (χ2v) is 4.04. The van der Waals surface area contributed by atoms with E-state index in [1.807, 2.05) is 13.0 Å². The normalized spacial score (nSPS) is 10.1. The fourth-order valence-corrected chi connectivity index (χ4v) is 1.64. The molecular formula is C14H9F3N2. The van der Waals surface area contributed by atoms with Crippen molar-refractivity contribution >= 4 is 11.4 Å². The van der Waals surface area contributed by atoms with Crippen LogP contribution < -0.4 is 5.32 Å². The number of hydrogen-bond donors (Lipinski definition) is 1. The van der Waals surface area contributed by atoms with Gasteiger partial charge in [-0.3, -0.25) is 0 Å². The predicted octanol–water partition coefficient (Wildman–Crippen LogP) is 4.03. The van der Waals surface area contributed by atoms with E-state index >= 15 is 0 Å². The molecule has 2 aromatic rings. The molecule has 19 heavy (non-hydrogen) atoms. The highest BCUT2D eigenvalue weighted by Gasteiger charge is 2.11. The van der Waals surface area contributed by atoms with Gasteiger partial charge < -0.3 is 5.32 Å². The van der Waals surface area contributed by atoms with Gasteiger partial charge in [-0.15, -0.1) is 0 Å². The molecule has 2 rings (SSSR count). The minimum absolute atomic E-state index is 0.0403. The summed E-state index contributed by atoms with van der Waals surface area (Å²) in [4.78, 5) is 0. The van der Waals surface area contributed by atoms with Crippen LogP contribution in [0.4, 0.5) is 24.5 Å². The summed E-state index contributed by atoms with van der Waals surface area (Å²) in [6.07, 6.45) is 0. The summed E-state index contributed by atoms with van der Waals surface area (Å²) in [5.41, 5.74) is 1.66. The maximum absolute atomic E-state index is 13.1. The fourth-order valence-electron chi connectivity index (χ4n) is 1.64. The number of nitrogens with zero attached hydrogens (tertiary/aromatic N) is 1. The third-order valence-corrected chi connectivity index (χ3v) is 2.56. The van der Waals surface area contributed by atoms with Crippen molar-refractivity contribution in [1.29, 1.82) is 5.26 Å². The molecule has 0 atom stereocenters. The van der Waals surface area contributed by atoms with Gasteiger partial charge in [-0.1, -0.05) is 6.07 Å². The van der Waals surface area contributed by atoms with Crippen LogP contribution in [-0.2, 0) is 0 Å². The zero-order valence-electron chi connectivity index (χ0n) is 9.97. The zero-order chi connectivity index (χ0) is 14.0. The zero-order valence-corrected chi connectivity index (χ0v) is 9.97. The first kappa shape index (κ1) is 13.0. The van der Waals surface area contributed by atoms with Gasteiger partial charge in [-0.05, 0) is 24.6 Å². The van der Waals surface area contributed by atoms with Crippen LogP contribution >= 0.6 is 0 Å². The van der Waals surface area contributed by atoms with E-state index in [9.17, 15) is 13.2 Å². The highest BCUT2D eigenvalue weighted by Crippen LogP contribution is 2.24. The van der Waals surface area contributed by atoms with E-state index in [1.165, 1.54) is 0 Å². The lowest BCUT2D eigenvalue weighted by Crippen LogP contribution is -1.98. The number of nitriles is 1. The smallest absolute Gasteiger partial charge is 0.194 e. The maximum Gasteiger partial charge on any atom is 0.194 e. The van der Waals surface area contributed by atoms with Crippen LogP contribution in [-0.4, -0.2) is 0 Å². The minimum Gasteiger partial charge on any atom is -0.354 e. The minimum atomic E-state index is -1.52. The van der Waals surface area contributed by atoms with Gasteiger partial charge in [-0.25, -0.2) is 13.2 Å². The van der Waals surface area contributed by atoms with E-state index in [1.54, 1.807) is 18.2 Å². The van der Waals surface area contributed by atoms with Crippen molar-refractivity contribution in [1.82, 2.24) is 0 Å². The molecule has 0 saturated heterocycles. The summed E-state index contributed by atoms with van der Waals surface area (Å²) in [6, 6.07) is 8.63. The molecule has 0 bridgehead atoms. The Morgan fingerprint density at radius 2 is 1.68 bits per heavy atom. The van der Waals surface area contributed by atoms with Crippen LogP contribution in [0, 0.1) is 35.7 Å². The van der Waals surface area contributed by atoms with Crippen LogP contribution in [0.5, 0.6) is 0 Å². The second kappa shape index (κ2) is 5.02. The van der Waals surface area contributed by atoms with Crippen molar-refractivity contribution in [3.05, 3.63) is 58.9 Å². The Morgan fingerprint density at radius 3 is 2.26 bits per heavy atom. The number of nitrogens with one attached hydrogen (secondary N) is 1. The lowest BCUT2D eigenvalue weighted by atomic mass is 10.1. The van der Waals surface area contributed by atoms with E-state index in [0.717, 1.165) is 17.7 Å². The number of aryl methyl sites for hydroxylation is 1. The van der Waals surface area contributed by atoms with Crippen molar-refractivity contribution in [3.63, 3.8) is 0 Å². The number of benzene rings is 2. The van der Waals surface area contributed by atoms with Crippen molar-refractivity contribution in [3.8, 4) is 6.07 Å². The second-order valence-electron chi connectivity index (χ2n) is 4.04. The molecule has 0 aliphatic carbocycles. The average Bonchev–Trinajstić information content (AvgIpc) is 2.36. The molecule has 0 saturated carbocycles. The predicted molar refractivity (Wildman–Crippen MR) is 65.5 cm³/mol. The van der Waals surface area contributed by atoms with E-state index in [4.69, 9.17) is 5.26 Å². The number of halogens is 3. The Bertz CT molecular complexity index is 652. The fraction of sp³-hybridized carbons (Fsp3) is 0.0714. The largest absolute Gasteiger partial charge is 0.354 e. The molecule has 0 aromatic heterocycles. The van der Waals surface area contributed by atoms with Gasteiger partial charge in [0.2, 0.25) is 0 Å². The van der Waals surface area contributed by atoms with Gasteiger partial charge in [-0.2, -0.15) is 5.26 Å². The van der Waals surface area contributed by atoms with Crippen molar-refractivity contribution in [2.24, 2.45) is 0 Å². The summed E-state index contributed by atoms with van der Waals surface area (Å²) >= 11 is 0. The van der Waals surface area contributed by atoms with Gasteiger partial charge in [0, 0.05) is 17.8 Å². The number of hydrogen-bond acceptors (Lipinski definition) is 2. The summed E-state index contributed by atoms with van der Waals surface area (Å²) in [5, 5.41) is 11.6. The Kier molecular flexibility index (Phi) is 3.43. The van der Waals surface area contributed by atoms with Crippen LogP contribution in [0.2, 0.25) is 0 Å². The first-order chi connectivity index (χ1) is 9.01. The molecule has 0 aliphatic rings. The molecule has 2 nitrogen and oxygen atoms in total. The van der Waals surface area contributed by atoms with Gasteiger partial charge >= 0.3 is 0 Å². The Balaban J connectivity index is 2.42. The summed E-state index contributed by atoms with van der Waals surface area (Å²) < 4.78 is 39.0. The molecule has 0 unspecified atom stereocenters. The highest BCUT2D eigenvalue weighted by molar-refractivity contribution is 5.67. The summed E-state index contributed by atoms with van der Waals surface area (Å²) in [5.74, 6) is -4.09. The molecule has 0 amide bonds. The molecule has 1 N–H and O–H groups in total. The summed E-state index contributed by atoms with van der Waals surface area (Å²) in [7, 11) is 0. The monoisotopic (exact) mass is 262 g/mol. The molecule has 0 fully saturated rings. The molecule has 5 heteroatoms. The van der Waals surface area contributed by atoms with Crippen LogP contribution in [0.15, 0.2) is 30.3 Å². The van der Waals surface area contributed by atoms with Crippen LogP contribution in [0.3, 0.4) is 0 Å². The molecule has 2 aromatic carbocycles. The number of rotatable bonds is 2. The molecule has 0 heterocycles. The van der Waals surface area contributed by atoms with Crippen LogP contribution in [0.1, 0.15) is 11.1 Å². The Hall–Kier alpha value is -2.48. The van der Waals surface area contributed by atoms with Gasteiger partial charge in [0.05, 0.1) is 11.3 Å². The Morgan fingerprint density at radius 1 is 1.05 bits per heavy atom. The number of anilines is 2. The first-order valence-corrected chi connectivity index (χ1v) is 5.43. The standard InChI is InChI=1S/C14H9F3N2/c1-8-2-3-9(7-18)13(4-8)19-10-5-11(15)14(17)12(16)6-10/h2-6,19H,1H3. The van der Waals surface area contributed by atoms with Crippen molar-refractivity contribution < 1.29 is 13.2 Å². The lowest BCUT2D eigenvalue weighted by Gasteiger charge is -2.10. The van der Waals surface area contributed by atoms with Gasteiger partial charge in [0.15, 0.2) is 17.5 Å². The molecule has 0 radical (unpaired) electrons. The highest BCUT2D eigenvalue weighted by atomic mass is 19.2. The van der Waals surface area contributed by atoms with E-state index in [-0.39, 0.29) is 5.69 Å². The van der Waals surface area contributed by atoms with Gasteiger partial charge in [0.25, 0.3) is 0 Å². The van der Waals surface area contributed by atoms with Gasteiger partial charge in [0.1, 0.15) is 6.07 Å². The topological polar surface area (TPSA) is 35.8 Å². The van der Waals surface area contributed by atoms with Crippen LogP contribution in [0.25, 0.3) is 0 Å². The average molecular weight is 262 g/mol. The van der Waals surface area contributed by atoms with Crippen molar-refractivity contribution in [2.75, 3.05) is 5.32 Å². The molecular weight excluding hydrogens is 253 g/mol. The van der Waals surface area contributed by atoms with E-state index in [2.05, 4.69) is 5.32 Å². The maximum atomic E-state index is 13.1. The molecule has 0 spiro atoms. The molecule has 96 valence electrons. The third kappa shape index (κ3) is 2.68. The Labute approximate surface area is 108 Å². The quantitative estimate of drug-likeness (QED) is 0.829. The lowest BCUT2D eigenvalue weighted by molar-refractivity contribution is 0.448.